The lowest BCUT2D eigenvalue weighted by Crippen LogP contribution is -2.43. The van der Waals surface area contributed by atoms with Crippen molar-refractivity contribution in [2.45, 2.75) is 59.2 Å². The molecule has 2 rings (SSSR count). The summed E-state index contributed by atoms with van der Waals surface area (Å²) < 4.78 is 2.23. The van der Waals surface area contributed by atoms with Crippen LogP contribution in [-0.4, -0.2) is 45.3 Å². The van der Waals surface area contributed by atoms with Crippen molar-refractivity contribution < 1.29 is 0 Å². The van der Waals surface area contributed by atoms with Gasteiger partial charge in [-0.2, -0.15) is 0 Å². The summed E-state index contributed by atoms with van der Waals surface area (Å²) in [6.07, 6.45) is 3.70. The van der Waals surface area contributed by atoms with Crippen LogP contribution in [0, 0.1) is 6.92 Å². The summed E-state index contributed by atoms with van der Waals surface area (Å²) in [5.41, 5.74) is 0. The molecule has 0 aromatic carbocycles. The summed E-state index contributed by atoms with van der Waals surface area (Å²) in [6.45, 7) is 11.8. The minimum absolute atomic E-state index is 0.698. The van der Waals surface area contributed by atoms with E-state index in [0.717, 1.165) is 44.4 Å². The molecule has 0 atom stereocenters. The van der Waals surface area contributed by atoms with Gasteiger partial charge in [-0.25, -0.2) is 0 Å². The first-order valence-corrected chi connectivity index (χ1v) is 7.59. The van der Waals surface area contributed by atoms with Crippen LogP contribution in [0.15, 0.2) is 0 Å². The van der Waals surface area contributed by atoms with Gasteiger partial charge >= 0.3 is 0 Å². The predicted molar refractivity (Wildman–Crippen MR) is 77.0 cm³/mol. The molecular weight excluding hydrogens is 238 g/mol. The Kier molecular flexibility index (Phi) is 5.34. The first-order valence-electron chi connectivity index (χ1n) is 7.59. The fraction of sp³-hybridized carbons (Fsp3) is 0.857. The van der Waals surface area contributed by atoms with Gasteiger partial charge in [0.1, 0.15) is 11.6 Å². The third kappa shape index (κ3) is 3.54. The van der Waals surface area contributed by atoms with Gasteiger partial charge in [0.15, 0.2) is 0 Å². The van der Waals surface area contributed by atoms with Gasteiger partial charge in [-0.1, -0.05) is 6.92 Å². The van der Waals surface area contributed by atoms with E-state index < -0.39 is 0 Å². The average molecular weight is 265 g/mol. The monoisotopic (exact) mass is 265 g/mol. The fourth-order valence-electron chi connectivity index (χ4n) is 2.98. The minimum Gasteiger partial charge on any atom is -0.317 e. The third-order valence-electron chi connectivity index (χ3n) is 4.01. The average Bonchev–Trinajstić information content (AvgIpc) is 2.79. The number of hydrogen-bond acceptors (Lipinski definition) is 4. The standard InChI is InChI=1S/C14H27N5/c1-4-10-18(13-6-8-15-9-7-13)11-14-17-16-12(3)19(14)5-2/h13,15H,4-11H2,1-3H3. The third-order valence-corrected chi connectivity index (χ3v) is 4.01. The van der Waals surface area contributed by atoms with Crippen LogP contribution in [0.3, 0.4) is 0 Å². The summed E-state index contributed by atoms with van der Waals surface area (Å²) in [4.78, 5) is 2.59. The number of piperidine rings is 1. The first kappa shape index (κ1) is 14.5. The Morgan fingerprint density at radius 1 is 1.26 bits per heavy atom. The number of rotatable bonds is 6. The molecule has 19 heavy (non-hydrogen) atoms. The Hall–Kier alpha value is -0.940. The normalized spacial score (nSPS) is 17.3. The second kappa shape index (κ2) is 7.01. The van der Waals surface area contributed by atoms with E-state index in [0.29, 0.717) is 6.04 Å². The molecule has 0 amide bonds. The molecule has 1 saturated heterocycles. The van der Waals surface area contributed by atoms with E-state index in [4.69, 9.17) is 0 Å². The lowest BCUT2D eigenvalue weighted by atomic mass is 10.0. The van der Waals surface area contributed by atoms with E-state index >= 15 is 0 Å². The highest BCUT2D eigenvalue weighted by molar-refractivity contribution is 4.95. The number of hydrogen-bond donors (Lipinski definition) is 1. The molecule has 0 spiro atoms. The van der Waals surface area contributed by atoms with Crippen molar-refractivity contribution in [3.63, 3.8) is 0 Å². The Balaban J connectivity index is 2.06. The second-order valence-corrected chi connectivity index (χ2v) is 5.36. The Labute approximate surface area is 116 Å². The zero-order valence-electron chi connectivity index (χ0n) is 12.5. The van der Waals surface area contributed by atoms with E-state index in [1.54, 1.807) is 0 Å². The molecule has 1 fully saturated rings. The molecule has 0 radical (unpaired) electrons. The number of nitrogens with one attached hydrogen (secondary N) is 1. The zero-order chi connectivity index (χ0) is 13.7. The van der Waals surface area contributed by atoms with E-state index in [-0.39, 0.29) is 0 Å². The Morgan fingerprint density at radius 3 is 2.63 bits per heavy atom. The number of aromatic nitrogens is 3. The summed E-state index contributed by atoms with van der Waals surface area (Å²) in [7, 11) is 0. The van der Waals surface area contributed by atoms with Crippen LogP contribution in [0.25, 0.3) is 0 Å². The van der Waals surface area contributed by atoms with Crippen LogP contribution in [0.2, 0.25) is 0 Å². The largest absolute Gasteiger partial charge is 0.317 e. The van der Waals surface area contributed by atoms with Crippen LogP contribution >= 0.6 is 0 Å². The van der Waals surface area contributed by atoms with Crippen molar-refractivity contribution in [2.75, 3.05) is 19.6 Å². The molecule has 0 unspecified atom stereocenters. The van der Waals surface area contributed by atoms with Crippen molar-refractivity contribution in [3.05, 3.63) is 11.6 Å². The van der Waals surface area contributed by atoms with Gasteiger partial charge in [0.25, 0.3) is 0 Å². The van der Waals surface area contributed by atoms with Crippen LogP contribution in [0.4, 0.5) is 0 Å². The lowest BCUT2D eigenvalue weighted by molar-refractivity contribution is 0.148. The van der Waals surface area contributed by atoms with E-state index in [1.165, 1.54) is 19.3 Å². The van der Waals surface area contributed by atoms with Crippen molar-refractivity contribution in [3.8, 4) is 0 Å². The van der Waals surface area contributed by atoms with Gasteiger partial charge in [0.2, 0.25) is 0 Å². The van der Waals surface area contributed by atoms with Gasteiger partial charge in [-0.3, -0.25) is 4.90 Å². The van der Waals surface area contributed by atoms with Crippen molar-refractivity contribution in [1.29, 1.82) is 0 Å². The maximum absolute atomic E-state index is 4.36. The summed E-state index contributed by atoms with van der Waals surface area (Å²) in [5.74, 6) is 2.14. The van der Waals surface area contributed by atoms with Crippen LogP contribution in [0.1, 0.15) is 44.8 Å². The molecule has 1 aromatic heterocycles. The maximum atomic E-state index is 4.36. The molecule has 5 heteroatoms. The topological polar surface area (TPSA) is 46.0 Å². The van der Waals surface area contributed by atoms with Crippen LogP contribution in [-0.2, 0) is 13.1 Å². The van der Waals surface area contributed by atoms with E-state index in [1.807, 2.05) is 6.92 Å². The molecule has 0 aliphatic carbocycles. The summed E-state index contributed by atoms with van der Waals surface area (Å²) >= 11 is 0. The molecular formula is C14H27N5. The quantitative estimate of drug-likeness (QED) is 0.848. The van der Waals surface area contributed by atoms with Crippen molar-refractivity contribution in [1.82, 2.24) is 25.0 Å². The predicted octanol–water partition coefficient (Wildman–Crippen LogP) is 1.57. The van der Waals surface area contributed by atoms with Gasteiger partial charge in [0.05, 0.1) is 6.54 Å². The zero-order valence-corrected chi connectivity index (χ0v) is 12.5. The van der Waals surface area contributed by atoms with Gasteiger partial charge < -0.3 is 9.88 Å². The molecule has 108 valence electrons. The highest BCUT2D eigenvalue weighted by atomic mass is 15.3. The molecule has 1 aromatic rings. The fourth-order valence-corrected chi connectivity index (χ4v) is 2.98. The number of nitrogens with zero attached hydrogens (tertiary/aromatic N) is 4. The van der Waals surface area contributed by atoms with Gasteiger partial charge in [-0.15, -0.1) is 10.2 Å². The lowest BCUT2D eigenvalue weighted by Gasteiger charge is -2.34. The SMILES string of the molecule is CCCN(Cc1nnc(C)n1CC)C1CCNCC1. The highest BCUT2D eigenvalue weighted by Crippen LogP contribution is 2.16. The van der Waals surface area contributed by atoms with Gasteiger partial charge in [-0.05, 0) is 52.7 Å². The molecule has 0 saturated carbocycles. The molecule has 1 aliphatic heterocycles. The van der Waals surface area contributed by atoms with Crippen LogP contribution in [0.5, 0.6) is 0 Å². The van der Waals surface area contributed by atoms with Crippen molar-refractivity contribution >= 4 is 0 Å². The summed E-state index contributed by atoms with van der Waals surface area (Å²) in [5, 5.41) is 12.0. The Bertz CT molecular complexity index is 381. The van der Waals surface area contributed by atoms with E-state index in [9.17, 15) is 0 Å². The molecule has 2 heterocycles. The highest BCUT2D eigenvalue weighted by Gasteiger charge is 2.22. The Morgan fingerprint density at radius 2 is 2.00 bits per heavy atom. The molecule has 1 N–H and O–H groups in total. The second-order valence-electron chi connectivity index (χ2n) is 5.36. The maximum Gasteiger partial charge on any atom is 0.147 e. The molecule has 5 nitrogen and oxygen atoms in total. The van der Waals surface area contributed by atoms with Crippen LogP contribution < -0.4 is 5.32 Å². The first-order chi connectivity index (χ1) is 9.26. The summed E-state index contributed by atoms with van der Waals surface area (Å²) in [6, 6.07) is 0.698. The number of aryl methyl sites for hydroxylation is 1. The molecule has 1 aliphatic rings. The van der Waals surface area contributed by atoms with Gasteiger partial charge in [0, 0.05) is 12.6 Å². The van der Waals surface area contributed by atoms with Crippen molar-refractivity contribution in [2.24, 2.45) is 0 Å². The van der Waals surface area contributed by atoms with E-state index in [2.05, 4.69) is 38.8 Å². The smallest absolute Gasteiger partial charge is 0.147 e. The molecule has 0 bridgehead atoms. The minimum atomic E-state index is 0.698.